The van der Waals surface area contributed by atoms with Crippen molar-refractivity contribution < 1.29 is 24.0 Å². The van der Waals surface area contributed by atoms with Crippen LogP contribution in [0, 0.1) is 0 Å². The number of nitrogens with one attached hydrogen (secondary N) is 2. The molecular weight excluding hydrogens is 470 g/mol. The Balaban J connectivity index is 2.08. The summed E-state index contributed by atoms with van der Waals surface area (Å²) in [5.41, 5.74) is 22.7. The van der Waals surface area contributed by atoms with Crippen molar-refractivity contribution in [2.75, 3.05) is 6.54 Å². The zero-order valence-electron chi connectivity index (χ0n) is 19.8. The lowest BCUT2D eigenvalue weighted by atomic mass is 10.1. The molecule has 0 aliphatic carbocycles. The largest absolute Gasteiger partial charge is 0.480 e. The average molecular weight is 504 g/mol. The summed E-state index contributed by atoms with van der Waals surface area (Å²) in [6, 6.07) is 5.68. The molecule has 0 radical (unpaired) electrons. The summed E-state index contributed by atoms with van der Waals surface area (Å²) in [5, 5.41) is 18.6. The minimum Gasteiger partial charge on any atom is -0.480 e. The van der Waals surface area contributed by atoms with Crippen molar-refractivity contribution in [3.63, 3.8) is 0 Å². The van der Waals surface area contributed by atoms with Crippen LogP contribution in [0.1, 0.15) is 61.5 Å². The van der Waals surface area contributed by atoms with Crippen LogP contribution in [-0.2, 0) is 16.0 Å². The Bertz CT molecular complexity index is 1020. The van der Waals surface area contributed by atoms with Gasteiger partial charge in [0, 0.05) is 19.4 Å². The maximum atomic E-state index is 12.7. The molecule has 3 amide bonds. The number of nitrogens with two attached hydrogens (primary N) is 4. The lowest BCUT2D eigenvalue weighted by molar-refractivity contribution is -0.139. The highest BCUT2D eigenvalue weighted by Gasteiger charge is 2.26. The van der Waals surface area contributed by atoms with E-state index in [0.717, 1.165) is 5.56 Å². The molecule has 0 saturated heterocycles. The second-order valence-corrected chi connectivity index (χ2v) is 8.16. The third-order valence-corrected chi connectivity index (χ3v) is 5.16. The molecule has 0 saturated carbocycles. The molecule has 3 atom stereocenters. The fourth-order valence-electron chi connectivity index (χ4n) is 3.33. The number of hydrogen-bond donors (Lipinski definition) is 7. The van der Waals surface area contributed by atoms with Gasteiger partial charge in [-0.2, -0.15) is 4.98 Å². The van der Waals surface area contributed by atoms with E-state index in [9.17, 15) is 19.5 Å². The molecule has 0 spiro atoms. The molecule has 14 heteroatoms. The fraction of sp³-hybridized carbons (Fsp3) is 0.455. The quantitative estimate of drug-likeness (QED) is 0.0958. The number of carbonyl (C=O) groups excluding carboxylic acids is 2. The topological polar surface area (TPSA) is 251 Å². The number of amides is 3. The Kier molecular flexibility index (Phi) is 11.1. The van der Waals surface area contributed by atoms with Crippen LogP contribution in [0.5, 0.6) is 0 Å². The summed E-state index contributed by atoms with van der Waals surface area (Å²) in [4.78, 5) is 43.5. The summed E-state index contributed by atoms with van der Waals surface area (Å²) in [7, 11) is 0. The first-order chi connectivity index (χ1) is 17.2. The molecule has 1 aromatic heterocycles. The second kappa shape index (κ2) is 14.3. The van der Waals surface area contributed by atoms with E-state index < -0.39 is 36.0 Å². The van der Waals surface area contributed by atoms with Gasteiger partial charge in [-0.05, 0) is 31.2 Å². The number of benzene rings is 1. The van der Waals surface area contributed by atoms with Gasteiger partial charge in [0.05, 0.1) is 6.04 Å². The standard InChI is InChI=1S/C22H33N9O5/c23-14(8-4-10-17(24)32)18-30-19(36-31-18)15(9-5-11-27-21(25)26)28-22(35)29-16(20(33)34)12-13-6-2-1-3-7-13/h1-3,6-7,14-16H,4-5,8-12,23H2,(H2,24,32)(H,33,34)(H4,25,26,27)(H2,28,29,35)/t14-,15-,16-/m0/s1. The van der Waals surface area contributed by atoms with Crippen LogP contribution < -0.4 is 33.6 Å². The summed E-state index contributed by atoms with van der Waals surface area (Å²) in [6.45, 7) is 0.293. The van der Waals surface area contributed by atoms with E-state index >= 15 is 0 Å². The molecule has 0 unspecified atom stereocenters. The molecule has 196 valence electrons. The summed E-state index contributed by atoms with van der Waals surface area (Å²) >= 11 is 0. The number of rotatable bonds is 15. The number of carboxylic acids is 1. The molecule has 11 N–H and O–H groups in total. The van der Waals surface area contributed by atoms with Crippen LogP contribution in [0.2, 0.25) is 0 Å². The summed E-state index contributed by atoms with van der Waals surface area (Å²) in [6.07, 6.45) is 1.92. The Morgan fingerprint density at radius 3 is 2.42 bits per heavy atom. The zero-order chi connectivity index (χ0) is 26.5. The van der Waals surface area contributed by atoms with Gasteiger partial charge in [-0.3, -0.25) is 9.79 Å². The Labute approximate surface area is 207 Å². The first-order valence-electron chi connectivity index (χ1n) is 11.4. The number of guanidine groups is 1. The normalized spacial score (nSPS) is 13.2. The maximum Gasteiger partial charge on any atom is 0.326 e. The lowest BCUT2D eigenvalue weighted by Gasteiger charge is -2.19. The van der Waals surface area contributed by atoms with Gasteiger partial charge in [0.1, 0.15) is 12.1 Å². The molecule has 1 heterocycles. The molecule has 0 fully saturated rings. The van der Waals surface area contributed by atoms with Crippen molar-refractivity contribution in [3.05, 3.63) is 47.6 Å². The minimum absolute atomic E-state index is 0.0653. The molecule has 1 aromatic carbocycles. The van der Waals surface area contributed by atoms with Crippen molar-refractivity contribution in [3.8, 4) is 0 Å². The van der Waals surface area contributed by atoms with Crippen LogP contribution in [0.3, 0.4) is 0 Å². The van der Waals surface area contributed by atoms with E-state index in [2.05, 4.69) is 25.8 Å². The number of aliphatic carboxylic acids is 1. The highest BCUT2D eigenvalue weighted by atomic mass is 16.5. The summed E-state index contributed by atoms with van der Waals surface area (Å²) in [5.74, 6) is -1.38. The SMILES string of the molecule is NC(=O)CCC[C@H](N)c1noc([C@H](CCCN=C(N)N)NC(=O)N[C@@H](Cc2ccccc2)C(=O)O)n1. The molecular formula is C22H33N9O5. The number of primary amides is 1. The van der Waals surface area contributed by atoms with E-state index in [1.165, 1.54) is 0 Å². The van der Waals surface area contributed by atoms with Crippen molar-refractivity contribution in [1.82, 2.24) is 20.8 Å². The predicted octanol–water partition coefficient (Wildman–Crippen LogP) is -0.185. The van der Waals surface area contributed by atoms with Gasteiger partial charge in [-0.15, -0.1) is 0 Å². The molecule has 0 bridgehead atoms. The lowest BCUT2D eigenvalue weighted by Crippen LogP contribution is -2.48. The first kappa shape index (κ1) is 28.0. The molecule has 14 nitrogen and oxygen atoms in total. The number of aliphatic imine (C=N–C) groups is 1. The van der Waals surface area contributed by atoms with E-state index in [1.54, 1.807) is 24.3 Å². The molecule has 36 heavy (non-hydrogen) atoms. The average Bonchev–Trinajstić information content (AvgIpc) is 3.31. The van der Waals surface area contributed by atoms with E-state index in [-0.39, 0.29) is 30.5 Å². The second-order valence-electron chi connectivity index (χ2n) is 8.16. The van der Waals surface area contributed by atoms with Crippen LogP contribution in [0.4, 0.5) is 4.79 Å². The van der Waals surface area contributed by atoms with E-state index in [0.29, 0.717) is 32.2 Å². The van der Waals surface area contributed by atoms with Gasteiger partial charge in [-0.25, -0.2) is 9.59 Å². The molecule has 2 rings (SSSR count). The Morgan fingerprint density at radius 1 is 1.06 bits per heavy atom. The highest BCUT2D eigenvalue weighted by Crippen LogP contribution is 2.20. The van der Waals surface area contributed by atoms with Gasteiger partial charge in [0.2, 0.25) is 11.8 Å². The number of carbonyl (C=O) groups is 3. The first-order valence-corrected chi connectivity index (χ1v) is 11.4. The molecule has 0 aliphatic rings. The van der Waals surface area contributed by atoms with Gasteiger partial charge < -0.3 is 43.2 Å². The highest BCUT2D eigenvalue weighted by molar-refractivity contribution is 5.83. The third kappa shape index (κ3) is 9.97. The maximum absolute atomic E-state index is 12.7. The van der Waals surface area contributed by atoms with Crippen LogP contribution in [-0.4, -0.2) is 51.7 Å². The fourth-order valence-corrected chi connectivity index (χ4v) is 3.33. The van der Waals surface area contributed by atoms with Crippen molar-refractivity contribution in [1.29, 1.82) is 0 Å². The number of carboxylic acid groups (broad SMARTS) is 1. The van der Waals surface area contributed by atoms with Gasteiger partial charge in [-0.1, -0.05) is 35.5 Å². The smallest absolute Gasteiger partial charge is 0.326 e. The molecule has 0 aliphatic heterocycles. The monoisotopic (exact) mass is 503 g/mol. The van der Waals surface area contributed by atoms with Crippen LogP contribution in [0.15, 0.2) is 39.8 Å². The third-order valence-electron chi connectivity index (χ3n) is 5.16. The van der Waals surface area contributed by atoms with Crippen molar-refractivity contribution >= 4 is 23.9 Å². The number of urea groups is 1. The van der Waals surface area contributed by atoms with Gasteiger partial charge in [0.25, 0.3) is 0 Å². The Morgan fingerprint density at radius 2 is 1.78 bits per heavy atom. The van der Waals surface area contributed by atoms with Gasteiger partial charge >= 0.3 is 12.0 Å². The molecule has 2 aromatic rings. The van der Waals surface area contributed by atoms with E-state index in [4.69, 9.17) is 27.5 Å². The zero-order valence-corrected chi connectivity index (χ0v) is 19.8. The van der Waals surface area contributed by atoms with Crippen LogP contribution in [0.25, 0.3) is 0 Å². The number of nitrogens with zero attached hydrogens (tertiary/aromatic N) is 3. The van der Waals surface area contributed by atoms with E-state index in [1.807, 2.05) is 6.07 Å². The number of hydrogen-bond acceptors (Lipinski definition) is 8. The van der Waals surface area contributed by atoms with Crippen molar-refractivity contribution in [2.24, 2.45) is 27.9 Å². The van der Waals surface area contributed by atoms with Crippen LogP contribution >= 0.6 is 0 Å². The van der Waals surface area contributed by atoms with Crippen molar-refractivity contribution in [2.45, 2.75) is 56.7 Å². The minimum atomic E-state index is -1.18. The predicted molar refractivity (Wildman–Crippen MR) is 130 cm³/mol. The number of aromatic nitrogens is 2. The Hall–Kier alpha value is -4.20. The summed E-state index contributed by atoms with van der Waals surface area (Å²) < 4.78 is 5.33. The van der Waals surface area contributed by atoms with Gasteiger partial charge in [0.15, 0.2) is 11.8 Å².